The lowest BCUT2D eigenvalue weighted by molar-refractivity contribution is -0.127. The Kier molecular flexibility index (Phi) is 8.06. The van der Waals surface area contributed by atoms with Gasteiger partial charge in [0.1, 0.15) is 5.75 Å². The minimum Gasteiger partial charge on any atom is -0.496 e. The summed E-state index contributed by atoms with van der Waals surface area (Å²) in [6.07, 6.45) is 3.38. The minimum absolute atomic E-state index is 0.208. The standard InChI is InChI=1S/C24H30N4O3/c1-19-8-10-22(31-2)20(18-19)9-11-23(29)25-26-24(30)12-13-27-14-16-28(17-15-27)21-6-4-3-5-7-21/h3-11,18H,12-17H2,1-2H3,(H,25,29)(H,26,30). The molecule has 3 rings (SSSR count). The Bertz CT molecular complexity index is 906. The van der Waals surface area contributed by atoms with Crippen LogP contribution in [0, 0.1) is 6.92 Å². The Hall–Kier alpha value is -3.32. The van der Waals surface area contributed by atoms with E-state index in [9.17, 15) is 9.59 Å². The van der Waals surface area contributed by atoms with Gasteiger partial charge in [0.25, 0.3) is 5.91 Å². The van der Waals surface area contributed by atoms with Crippen LogP contribution in [0.3, 0.4) is 0 Å². The van der Waals surface area contributed by atoms with Crippen molar-refractivity contribution in [2.24, 2.45) is 0 Å². The Morgan fingerprint density at radius 3 is 2.48 bits per heavy atom. The first-order valence-electron chi connectivity index (χ1n) is 10.5. The lowest BCUT2D eigenvalue weighted by atomic mass is 10.1. The van der Waals surface area contributed by atoms with Crippen LogP contribution in [0.15, 0.2) is 54.6 Å². The van der Waals surface area contributed by atoms with Crippen molar-refractivity contribution in [1.29, 1.82) is 0 Å². The molecule has 1 aliphatic rings. The van der Waals surface area contributed by atoms with E-state index in [0.717, 1.165) is 37.3 Å². The number of hydrazine groups is 1. The molecule has 1 heterocycles. The van der Waals surface area contributed by atoms with Gasteiger partial charge in [-0.15, -0.1) is 0 Å². The number of carbonyl (C=O) groups excluding carboxylic acids is 2. The van der Waals surface area contributed by atoms with Crippen molar-refractivity contribution < 1.29 is 14.3 Å². The Labute approximate surface area is 183 Å². The van der Waals surface area contributed by atoms with Gasteiger partial charge < -0.3 is 9.64 Å². The number of aryl methyl sites for hydroxylation is 1. The highest BCUT2D eigenvalue weighted by atomic mass is 16.5. The van der Waals surface area contributed by atoms with Crippen molar-refractivity contribution in [1.82, 2.24) is 15.8 Å². The molecular weight excluding hydrogens is 392 g/mol. The van der Waals surface area contributed by atoms with E-state index in [2.05, 4.69) is 32.8 Å². The SMILES string of the molecule is COc1ccc(C)cc1C=CC(=O)NNC(=O)CCN1CCN(c2ccccc2)CC1. The van der Waals surface area contributed by atoms with Crippen LogP contribution in [0.4, 0.5) is 5.69 Å². The molecule has 0 atom stereocenters. The second-order valence-corrected chi connectivity index (χ2v) is 7.53. The number of para-hydroxylation sites is 1. The topological polar surface area (TPSA) is 73.9 Å². The highest BCUT2D eigenvalue weighted by Gasteiger charge is 2.17. The molecular formula is C24H30N4O3. The van der Waals surface area contributed by atoms with Crippen LogP contribution < -0.4 is 20.5 Å². The molecule has 0 aromatic heterocycles. The maximum absolute atomic E-state index is 12.1. The molecule has 2 amide bonds. The van der Waals surface area contributed by atoms with E-state index in [1.165, 1.54) is 11.8 Å². The summed E-state index contributed by atoms with van der Waals surface area (Å²) in [5, 5.41) is 0. The molecule has 7 heteroatoms. The first-order chi connectivity index (χ1) is 15.0. The third-order valence-electron chi connectivity index (χ3n) is 5.27. The average Bonchev–Trinajstić information content (AvgIpc) is 2.81. The van der Waals surface area contributed by atoms with Gasteiger partial charge in [0.2, 0.25) is 5.91 Å². The number of piperazine rings is 1. The van der Waals surface area contributed by atoms with Crippen LogP contribution in [0.5, 0.6) is 5.75 Å². The second kappa shape index (κ2) is 11.2. The monoisotopic (exact) mass is 422 g/mol. The summed E-state index contributed by atoms with van der Waals surface area (Å²) in [4.78, 5) is 28.7. The number of hydrogen-bond acceptors (Lipinski definition) is 5. The van der Waals surface area contributed by atoms with Crippen LogP contribution in [0.1, 0.15) is 17.5 Å². The zero-order valence-corrected chi connectivity index (χ0v) is 18.1. The fourth-order valence-corrected chi connectivity index (χ4v) is 3.51. The summed E-state index contributed by atoms with van der Waals surface area (Å²) in [6, 6.07) is 16.1. The molecule has 164 valence electrons. The van der Waals surface area contributed by atoms with Gasteiger partial charge in [-0.25, -0.2) is 0 Å². The minimum atomic E-state index is -0.395. The summed E-state index contributed by atoms with van der Waals surface area (Å²) in [6.45, 7) is 6.34. The van der Waals surface area contributed by atoms with Gasteiger partial charge in [-0.3, -0.25) is 25.3 Å². The Morgan fingerprint density at radius 1 is 1.03 bits per heavy atom. The average molecular weight is 423 g/mol. The van der Waals surface area contributed by atoms with Crippen LogP contribution in [-0.4, -0.2) is 56.5 Å². The lowest BCUT2D eigenvalue weighted by Gasteiger charge is -2.36. The number of nitrogens with one attached hydrogen (secondary N) is 2. The van der Waals surface area contributed by atoms with E-state index in [1.54, 1.807) is 13.2 Å². The van der Waals surface area contributed by atoms with Crippen molar-refractivity contribution >= 4 is 23.6 Å². The number of anilines is 1. The molecule has 0 saturated carbocycles. The number of amides is 2. The first kappa shape index (κ1) is 22.4. The van der Waals surface area contributed by atoms with Gasteiger partial charge in [0.15, 0.2) is 0 Å². The van der Waals surface area contributed by atoms with Gasteiger partial charge in [-0.2, -0.15) is 0 Å². The third kappa shape index (κ3) is 6.86. The number of methoxy groups -OCH3 is 1. The summed E-state index contributed by atoms with van der Waals surface area (Å²) < 4.78 is 5.29. The Morgan fingerprint density at radius 2 is 1.77 bits per heavy atom. The van der Waals surface area contributed by atoms with Crippen molar-refractivity contribution in [2.75, 3.05) is 44.7 Å². The summed E-state index contributed by atoms with van der Waals surface area (Å²) in [5.41, 5.74) is 8.01. The van der Waals surface area contributed by atoms with Crippen LogP contribution in [-0.2, 0) is 9.59 Å². The van der Waals surface area contributed by atoms with Crippen molar-refractivity contribution in [2.45, 2.75) is 13.3 Å². The number of benzene rings is 2. The zero-order valence-electron chi connectivity index (χ0n) is 18.1. The quantitative estimate of drug-likeness (QED) is 0.529. The number of carbonyl (C=O) groups is 2. The fourth-order valence-electron chi connectivity index (χ4n) is 3.51. The van der Waals surface area contributed by atoms with Gasteiger partial charge in [-0.05, 0) is 37.3 Å². The zero-order chi connectivity index (χ0) is 22.1. The molecule has 0 radical (unpaired) electrons. The normalized spacial score (nSPS) is 14.5. The number of ether oxygens (including phenoxy) is 1. The largest absolute Gasteiger partial charge is 0.496 e. The third-order valence-corrected chi connectivity index (χ3v) is 5.27. The summed E-state index contributed by atoms with van der Waals surface area (Å²) in [7, 11) is 1.59. The molecule has 2 N–H and O–H groups in total. The molecule has 0 spiro atoms. The van der Waals surface area contributed by atoms with Crippen LogP contribution in [0.2, 0.25) is 0 Å². The van der Waals surface area contributed by atoms with E-state index in [0.29, 0.717) is 18.7 Å². The lowest BCUT2D eigenvalue weighted by Crippen LogP contribution is -2.48. The second-order valence-electron chi connectivity index (χ2n) is 7.53. The molecule has 2 aromatic rings. The van der Waals surface area contributed by atoms with E-state index in [4.69, 9.17) is 4.74 Å². The summed E-state index contributed by atoms with van der Waals surface area (Å²) in [5.74, 6) is 0.0832. The van der Waals surface area contributed by atoms with E-state index in [-0.39, 0.29) is 5.91 Å². The fraction of sp³-hybridized carbons (Fsp3) is 0.333. The molecule has 0 aliphatic carbocycles. The molecule has 1 saturated heterocycles. The number of nitrogens with zero attached hydrogens (tertiary/aromatic N) is 2. The molecule has 0 unspecified atom stereocenters. The molecule has 31 heavy (non-hydrogen) atoms. The molecule has 1 fully saturated rings. The van der Waals surface area contributed by atoms with Gasteiger partial charge in [0, 0.05) is 56.5 Å². The van der Waals surface area contributed by atoms with Gasteiger partial charge in [0.05, 0.1) is 7.11 Å². The van der Waals surface area contributed by atoms with E-state index < -0.39 is 5.91 Å². The van der Waals surface area contributed by atoms with Gasteiger partial charge in [-0.1, -0.05) is 29.8 Å². The number of rotatable bonds is 7. The van der Waals surface area contributed by atoms with E-state index >= 15 is 0 Å². The maximum atomic E-state index is 12.1. The van der Waals surface area contributed by atoms with Crippen LogP contribution >= 0.6 is 0 Å². The predicted molar refractivity (Wildman–Crippen MR) is 123 cm³/mol. The molecule has 1 aliphatic heterocycles. The smallest absolute Gasteiger partial charge is 0.262 e. The first-order valence-corrected chi connectivity index (χ1v) is 10.5. The van der Waals surface area contributed by atoms with Crippen LogP contribution in [0.25, 0.3) is 6.08 Å². The van der Waals surface area contributed by atoms with Gasteiger partial charge >= 0.3 is 0 Å². The summed E-state index contributed by atoms with van der Waals surface area (Å²) >= 11 is 0. The van der Waals surface area contributed by atoms with E-state index in [1.807, 2.05) is 43.3 Å². The van der Waals surface area contributed by atoms with Crippen molar-refractivity contribution in [3.05, 3.63) is 65.7 Å². The molecule has 0 bridgehead atoms. The Balaban J connectivity index is 1.36. The maximum Gasteiger partial charge on any atom is 0.262 e. The van der Waals surface area contributed by atoms with Crippen molar-refractivity contribution in [3.63, 3.8) is 0 Å². The highest BCUT2D eigenvalue weighted by Crippen LogP contribution is 2.20. The predicted octanol–water partition coefficient (Wildman–Crippen LogP) is 2.38. The molecule has 7 nitrogen and oxygen atoms in total. The molecule has 2 aromatic carbocycles. The highest BCUT2D eigenvalue weighted by molar-refractivity contribution is 5.93. The van der Waals surface area contributed by atoms with Crippen molar-refractivity contribution in [3.8, 4) is 5.75 Å². The number of hydrogen-bond donors (Lipinski definition) is 2.